The molecular formula is C48H33N3O. The van der Waals surface area contributed by atoms with Crippen molar-refractivity contribution in [1.29, 1.82) is 0 Å². The summed E-state index contributed by atoms with van der Waals surface area (Å²) in [5.74, 6) is 0.696. The van der Waals surface area contributed by atoms with Crippen LogP contribution in [0.3, 0.4) is 0 Å². The minimum atomic E-state index is -0.333. The summed E-state index contributed by atoms with van der Waals surface area (Å²) in [7, 11) is 0. The molecule has 0 bridgehead atoms. The standard InChI is InChI=1S/C48H33N3O/c1-48(2)40-18-10-9-16-37(40)38-26-24-34(28-41(38)48)46-49-45(33-22-20-31(21-23-33)30-12-5-3-6-13-30)50-47(51-46)35-25-27-39-43(29-35)52-42-19-11-17-36(44(39)42)32-14-7-4-8-15-32/h3-29H,1-2H3/i11D,17D,19D,25D,27D,29D. The second kappa shape index (κ2) is 11.7. The molecule has 1 aliphatic rings. The van der Waals surface area contributed by atoms with Crippen LogP contribution in [0.5, 0.6) is 0 Å². The SMILES string of the molecule is [2H]c1c([2H])c(-c2ccccc2)c2c(oc3c([2H])c(-c4nc(-c5ccc(-c6ccccc6)cc5)nc(-c5ccc6c(c5)C(C)(C)c5ccccc5-6)n4)c([2H])c([2H])c32)c1[2H]. The van der Waals surface area contributed by atoms with E-state index >= 15 is 0 Å². The first-order chi connectivity index (χ1) is 28.0. The molecular weight excluding hydrogens is 635 g/mol. The first-order valence-corrected chi connectivity index (χ1v) is 17.2. The molecule has 0 aliphatic heterocycles. The zero-order valence-electron chi connectivity index (χ0n) is 34.4. The van der Waals surface area contributed by atoms with Crippen molar-refractivity contribution in [2.24, 2.45) is 0 Å². The Kier molecular flexibility index (Phi) is 5.52. The van der Waals surface area contributed by atoms with Crippen LogP contribution in [0.15, 0.2) is 168 Å². The summed E-state index contributed by atoms with van der Waals surface area (Å²) < 4.78 is 60.8. The van der Waals surface area contributed by atoms with Gasteiger partial charge in [-0.2, -0.15) is 0 Å². The van der Waals surface area contributed by atoms with Crippen LogP contribution in [0.4, 0.5) is 0 Å². The molecule has 4 nitrogen and oxygen atoms in total. The van der Waals surface area contributed by atoms with Gasteiger partial charge in [-0.1, -0.05) is 153 Å². The highest BCUT2D eigenvalue weighted by atomic mass is 16.3. The summed E-state index contributed by atoms with van der Waals surface area (Å²) in [6, 6.07) is 39.9. The Morgan fingerprint density at radius 2 is 1.08 bits per heavy atom. The fourth-order valence-corrected chi connectivity index (χ4v) is 7.41. The number of hydrogen-bond donors (Lipinski definition) is 0. The molecule has 52 heavy (non-hydrogen) atoms. The van der Waals surface area contributed by atoms with Crippen molar-refractivity contribution >= 4 is 21.9 Å². The van der Waals surface area contributed by atoms with Crippen LogP contribution in [-0.4, -0.2) is 15.0 Å². The van der Waals surface area contributed by atoms with E-state index in [1.807, 2.05) is 72.8 Å². The first-order valence-electron chi connectivity index (χ1n) is 20.2. The maximum absolute atomic E-state index is 9.55. The van der Waals surface area contributed by atoms with Crippen molar-refractivity contribution in [3.8, 4) is 67.5 Å². The van der Waals surface area contributed by atoms with Gasteiger partial charge in [0.1, 0.15) is 11.2 Å². The van der Waals surface area contributed by atoms with E-state index in [2.05, 4.69) is 44.2 Å². The molecule has 0 unspecified atom stereocenters. The molecule has 10 rings (SSSR count). The predicted octanol–water partition coefficient (Wildman–Crippen LogP) is 12.4. The number of benzene rings is 7. The maximum atomic E-state index is 9.55. The molecule has 4 heteroatoms. The Hall–Kier alpha value is -6.65. The molecule has 2 heterocycles. The van der Waals surface area contributed by atoms with Gasteiger partial charge in [-0.05, 0) is 68.7 Å². The van der Waals surface area contributed by atoms with Gasteiger partial charge in [0, 0.05) is 32.9 Å². The average Bonchev–Trinajstić information content (AvgIpc) is 3.76. The number of furan rings is 1. The molecule has 0 atom stereocenters. The lowest BCUT2D eigenvalue weighted by atomic mass is 9.82. The van der Waals surface area contributed by atoms with Gasteiger partial charge >= 0.3 is 0 Å². The van der Waals surface area contributed by atoms with Gasteiger partial charge in [0.05, 0.1) is 8.22 Å². The molecule has 0 N–H and O–H groups in total. The van der Waals surface area contributed by atoms with E-state index in [-0.39, 0.29) is 75.0 Å². The Morgan fingerprint density at radius 3 is 1.85 bits per heavy atom. The highest BCUT2D eigenvalue weighted by molar-refractivity contribution is 6.13. The van der Waals surface area contributed by atoms with Crippen molar-refractivity contribution < 1.29 is 12.6 Å². The van der Waals surface area contributed by atoms with Crippen LogP contribution >= 0.6 is 0 Å². The first kappa shape index (κ1) is 24.5. The summed E-state index contributed by atoms with van der Waals surface area (Å²) in [6.45, 7) is 4.41. The Bertz CT molecular complexity index is 3150. The lowest BCUT2D eigenvalue weighted by molar-refractivity contribution is 0.660. The number of fused-ring (bicyclic) bond motifs is 6. The van der Waals surface area contributed by atoms with Gasteiger partial charge in [-0.15, -0.1) is 0 Å². The molecule has 0 saturated carbocycles. The summed E-state index contributed by atoms with van der Waals surface area (Å²) >= 11 is 0. The number of aromatic nitrogens is 3. The third kappa shape index (κ3) is 4.87. The largest absolute Gasteiger partial charge is 0.456 e. The lowest BCUT2D eigenvalue weighted by Gasteiger charge is -2.21. The zero-order valence-corrected chi connectivity index (χ0v) is 28.4. The molecule has 0 amide bonds. The van der Waals surface area contributed by atoms with Crippen LogP contribution in [0, 0.1) is 0 Å². The number of nitrogens with zero attached hydrogens (tertiary/aromatic N) is 3. The second-order valence-electron chi connectivity index (χ2n) is 13.6. The van der Waals surface area contributed by atoms with Crippen LogP contribution in [0.2, 0.25) is 0 Å². The molecule has 0 spiro atoms. The van der Waals surface area contributed by atoms with Crippen molar-refractivity contribution in [1.82, 2.24) is 15.0 Å². The predicted molar refractivity (Wildman–Crippen MR) is 212 cm³/mol. The average molecular weight is 674 g/mol. The Labute approximate surface area is 310 Å². The topological polar surface area (TPSA) is 51.8 Å². The van der Waals surface area contributed by atoms with Crippen LogP contribution < -0.4 is 0 Å². The molecule has 1 aliphatic carbocycles. The van der Waals surface area contributed by atoms with Crippen LogP contribution in [0.1, 0.15) is 33.2 Å². The molecule has 246 valence electrons. The van der Waals surface area contributed by atoms with Crippen molar-refractivity contribution in [3.63, 3.8) is 0 Å². The highest BCUT2D eigenvalue weighted by Gasteiger charge is 2.35. The minimum absolute atomic E-state index is 0.0225. The van der Waals surface area contributed by atoms with Crippen molar-refractivity contribution in [2.45, 2.75) is 19.3 Å². The van der Waals surface area contributed by atoms with Gasteiger partial charge < -0.3 is 4.42 Å². The second-order valence-corrected chi connectivity index (χ2v) is 13.6. The minimum Gasteiger partial charge on any atom is -0.456 e. The van der Waals surface area contributed by atoms with E-state index < -0.39 is 0 Å². The highest BCUT2D eigenvalue weighted by Crippen LogP contribution is 2.49. The third-order valence-electron chi connectivity index (χ3n) is 10.1. The molecule has 7 aromatic carbocycles. The zero-order chi connectivity index (χ0) is 40.0. The normalized spacial score (nSPS) is 14.6. The third-order valence-corrected chi connectivity index (χ3v) is 10.1. The van der Waals surface area contributed by atoms with E-state index in [0.717, 1.165) is 27.8 Å². The maximum Gasteiger partial charge on any atom is 0.164 e. The molecule has 0 fully saturated rings. The summed E-state index contributed by atoms with van der Waals surface area (Å²) in [4.78, 5) is 14.8. The smallest absolute Gasteiger partial charge is 0.164 e. The fraction of sp³-hybridized carbons (Fsp3) is 0.0625. The van der Waals surface area contributed by atoms with E-state index in [4.69, 9.17) is 23.5 Å². The van der Waals surface area contributed by atoms with Gasteiger partial charge in [-0.3, -0.25) is 0 Å². The fourth-order valence-electron chi connectivity index (χ4n) is 7.41. The van der Waals surface area contributed by atoms with E-state index in [9.17, 15) is 4.11 Å². The molecule has 9 aromatic rings. The van der Waals surface area contributed by atoms with E-state index in [1.54, 1.807) is 24.3 Å². The lowest BCUT2D eigenvalue weighted by Crippen LogP contribution is -2.15. The van der Waals surface area contributed by atoms with Gasteiger partial charge in [-0.25, -0.2) is 15.0 Å². The quantitative estimate of drug-likeness (QED) is 0.182. The molecule has 0 radical (unpaired) electrons. The Morgan fingerprint density at radius 1 is 0.481 bits per heavy atom. The summed E-state index contributed by atoms with van der Waals surface area (Å²) in [5, 5.41) is 0.379. The van der Waals surface area contributed by atoms with E-state index in [1.165, 1.54) is 11.1 Å². The van der Waals surface area contributed by atoms with Gasteiger partial charge in [0.25, 0.3) is 0 Å². The number of rotatable bonds is 5. The van der Waals surface area contributed by atoms with Crippen LogP contribution in [0.25, 0.3) is 89.5 Å². The summed E-state index contributed by atoms with van der Waals surface area (Å²) in [6.07, 6.45) is 0. The van der Waals surface area contributed by atoms with Gasteiger partial charge in [0.15, 0.2) is 17.5 Å². The Balaban J connectivity index is 1.21. The monoisotopic (exact) mass is 673 g/mol. The van der Waals surface area contributed by atoms with E-state index in [0.29, 0.717) is 28.3 Å². The van der Waals surface area contributed by atoms with Crippen molar-refractivity contribution in [3.05, 3.63) is 175 Å². The summed E-state index contributed by atoms with van der Waals surface area (Å²) in [5.41, 5.74) is 8.73. The van der Waals surface area contributed by atoms with Gasteiger partial charge in [0.2, 0.25) is 0 Å². The van der Waals surface area contributed by atoms with Crippen LogP contribution in [-0.2, 0) is 5.41 Å². The molecule has 2 aromatic heterocycles. The molecule has 0 saturated heterocycles. The number of hydrogen-bond acceptors (Lipinski definition) is 4. The van der Waals surface area contributed by atoms with Crippen molar-refractivity contribution in [2.75, 3.05) is 0 Å².